The minimum atomic E-state index is -0.933. The quantitative estimate of drug-likeness (QED) is 0.776. The fraction of sp³-hybridized carbons (Fsp3) is 0.125. The van der Waals surface area contributed by atoms with Crippen molar-refractivity contribution in [3.8, 4) is 5.75 Å². The number of hydrogen-bond acceptors (Lipinski definition) is 4. The maximum atomic E-state index is 13.4. The topological polar surface area (TPSA) is 58.0 Å². The zero-order valence-corrected chi connectivity index (χ0v) is 11.6. The van der Waals surface area contributed by atoms with E-state index < -0.39 is 11.6 Å². The number of aromatic hydroxyl groups is 1. The van der Waals surface area contributed by atoms with Crippen LogP contribution in [0.25, 0.3) is 10.9 Å². The Labute approximate surface area is 125 Å². The van der Waals surface area contributed by atoms with Gasteiger partial charge in [-0.25, -0.2) is 18.7 Å². The zero-order valence-electron chi connectivity index (χ0n) is 11.6. The molecule has 1 aromatic heterocycles. The lowest BCUT2D eigenvalue weighted by molar-refractivity contribution is 0.474. The molecule has 0 aliphatic heterocycles. The van der Waals surface area contributed by atoms with Crippen LogP contribution in [-0.4, -0.2) is 21.6 Å². The van der Waals surface area contributed by atoms with Crippen molar-refractivity contribution >= 4 is 16.7 Å². The SMILES string of the molecule is Oc1cccc(CCNc2ncnc3cc(F)c(F)cc23)c1. The lowest BCUT2D eigenvalue weighted by atomic mass is 10.1. The van der Waals surface area contributed by atoms with Crippen LogP contribution in [0.1, 0.15) is 5.56 Å². The zero-order chi connectivity index (χ0) is 15.5. The molecule has 0 aliphatic carbocycles. The summed E-state index contributed by atoms with van der Waals surface area (Å²) in [6.45, 7) is 0.536. The Morgan fingerprint density at radius 1 is 1.05 bits per heavy atom. The van der Waals surface area contributed by atoms with Gasteiger partial charge in [0.25, 0.3) is 0 Å². The number of hydrogen-bond donors (Lipinski definition) is 2. The van der Waals surface area contributed by atoms with E-state index in [-0.39, 0.29) is 5.75 Å². The molecule has 6 heteroatoms. The van der Waals surface area contributed by atoms with Gasteiger partial charge in [0, 0.05) is 18.0 Å². The molecule has 22 heavy (non-hydrogen) atoms. The van der Waals surface area contributed by atoms with Crippen molar-refractivity contribution in [2.24, 2.45) is 0 Å². The van der Waals surface area contributed by atoms with E-state index >= 15 is 0 Å². The summed E-state index contributed by atoms with van der Waals surface area (Å²) >= 11 is 0. The lowest BCUT2D eigenvalue weighted by Crippen LogP contribution is -2.07. The molecule has 1 heterocycles. The van der Waals surface area contributed by atoms with Crippen LogP contribution in [0.4, 0.5) is 14.6 Å². The highest BCUT2D eigenvalue weighted by atomic mass is 19.2. The van der Waals surface area contributed by atoms with E-state index in [9.17, 15) is 13.9 Å². The fourth-order valence-electron chi connectivity index (χ4n) is 2.23. The molecule has 0 unspecified atom stereocenters. The molecule has 0 atom stereocenters. The van der Waals surface area contributed by atoms with E-state index in [4.69, 9.17) is 0 Å². The van der Waals surface area contributed by atoms with Crippen LogP contribution >= 0.6 is 0 Å². The average Bonchev–Trinajstić information content (AvgIpc) is 2.49. The number of anilines is 1. The number of nitrogens with one attached hydrogen (secondary N) is 1. The highest BCUT2D eigenvalue weighted by Crippen LogP contribution is 2.22. The first-order valence-electron chi connectivity index (χ1n) is 6.75. The summed E-state index contributed by atoms with van der Waals surface area (Å²) in [5, 5.41) is 12.9. The third-order valence-electron chi connectivity index (χ3n) is 3.29. The molecule has 0 spiro atoms. The van der Waals surface area contributed by atoms with E-state index in [1.165, 1.54) is 6.33 Å². The summed E-state index contributed by atoms with van der Waals surface area (Å²) < 4.78 is 26.6. The first-order chi connectivity index (χ1) is 10.6. The van der Waals surface area contributed by atoms with Gasteiger partial charge in [-0.3, -0.25) is 0 Å². The second-order valence-corrected chi connectivity index (χ2v) is 4.85. The summed E-state index contributed by atoms with van der Waals surface area (Å²) in [4.78, 5) is 8.00. The summed E-state index contributed by atoms with van der Waals surface area (Å²) in [6.07, 6.45) is 1.96. The monoisotopic (exact) mass is 301 g/mol. The molecule has 3 aromatic rings. The molecule has 112 valence electrons. The van der Waals surface area contributed by atoms with Crippen molar-refractivity contribution in [3.05, 3.63) is 59.9 Å². The number of aromatic nitrogens is 2. The Morgan fingerprint density at radius 2 is 1.86 bits per heavy atom. The molecule has 4 nitrogen and oxygen atoms in total. The van der Waals surface area contributed by atoms with Crippen LogP contribution in [0.5, 0.6) is 5.75 Å². The van der Waals surface area contributed by atoms with Crippen LogP contribution in [0.2, 0.25) is 0 Å². The summed E-state index contributed by atoms with van der Waals surface area (Å²) in [5.74, 6) is -1.21. The lowest BCUT2D eigenvalue weighted by Gasteiger charge is -2.09. The molecular formula is C16H13F2N3O. The van der Waals surface area contributed by atoms with Gasteiger partial charge in [-0.15, -0.1) is 0 Å². The Morgan fingerprint density at radius 3 is 2.68 bits per heavy atom. The summed E-state index contributed by atoms with van der Waals surface area (Å²) in [7, 11) is 0. The Balaban J connectivity index is 1.78. The van der Waals surface area contributed by atoms with E-state index in [2.05, 4.69) is 15.3 Å². The number of phenolic OH excluding ortho intramolecular Hbond substituents is 1. The Kier molecular flexibility index (Phi) is 3.82. The highest BCUT2D eigenvalue weighted by molar-refractivity contribution is 5.88. The molecule has 0 radical (unpaired) electrons. The number of phenols is 1. The second-order valence-electron chi connectivity index (χ2n) is 4.85. The van der Waals surface area contributed by atoms with Crippen LogP contribution in [0, 0.1) is 11.6 Å². The predicted molar refractivity (Wildman–Crippen MR) is 79.8 cm³/mol. The molecule has 2 aromatic carbocycles. The third kappa shape index (κ3) is 2.95. The average molecular weight is 301 g/mol. The number of halogens is 2. The van der Waals surface area contributed by atoms with Gasteiger partial charge in [-0.1, -0.05) is 12.1 Å². The highest BCUT2D eigenvalue weighted by Gasteiger charge is 2.09. The molecular weight excluding hydrogens is 288 g/mol. The predicted octanol–water partition coefficient (Wildman–Crippen LogP) is 3.27. The van der Waals surface area contributed by atoms with Crippen molar-refractivity contribution in [1.29, 1.82) is 0 Å². The van der Waals surface area contributed by atoms with Gasteiger partial charge in [-0.05, 0) is 30.2 Å². The second kappa shape index (κ2) is 5.93. The summed E-state index contributed by atoms with van der Waals surface area (Å²) in [6, 6.07) is 9.08. The maximum absolute atomic E-state index is 13.4. The van der Waals surface area contributed by atoms with Gasteiger partial charge < -0.3 is 10.4 Å². The van der Waals surface area contributed by atoms with Crippen LogP contribution in [0.3, 0.4) is 0 Å². The molecule has 0 aliphatic rings. The van der Waals surface area contributed by atoms with Gasteiger partial charge >= 0.3 is 0 Å². The molecule has 2 N–H and O–H groups in total. The first kappa shape index (κ1) is 14.2. The van der Waals surface area contributed by atoms with Crippen LogP contribution < -0.4 is 5.32 Å². The van der Waals surface area contributed by atoms with Crippen LogP contribution in [0.15, 0.2) is 42.7 Å². The van der Waals surface area contributed by atoms with Gasteiger partial charge in [0.1, 0.15) is 17.9 Å². The molecule has 0 amide bonds. The van der Waals surface area contributed by atoms with Gasteiger partial charge in [0.2, 0.25) is 0 Å². The van der Waals surface area contributed by atoms with Crippen LogP contribution in [-0.2, 0) is 6.42 Å². The summed E-state index contributed by atoms with van der Waals surface area (Å²) in [5.41, 5.74) is 1.30. The maximum Gasteiger partial charge on any atom is 0.161 e. The third-order valence-corrected chi connectivity index (χ3v) is 3.29. The minimum Gasteiger partial charge on any atom is -0.508 e. The van der Waals surface area contributed by atoms with Crippen molar-refractivity contribution < 1.29 is 13.9 Å². The number of rotatable bonds is 4. The van der Waals surface area contributed by atoms with E-state index in [1.807, 2.05) is 6.07 Å². The molecule has 3 rings (SSSR count). The van der Waals surface area contributed by atoms with E-state index in [0.717, 1.165) is 17.7 Å². The molecule has 0 saturated heterocycles. The van der Waals surface area contributed by atoms with Gasteiger partial charge in [0.15, 0.2) is 11.6 Å². The van der Waals surface area contributed by atoms with Crippen molar-refractivity contribution in [3.63, 3.8) is 0 Å². The standard InChI is InChI=1S/C16H13F2N3O/c17-13-7-12-15(8-14(13)18)20-9-21-16(12)19-5-4-10-2-1-3-11(22)6-10/h1-3,6-9,22H,4-5H2,(H,19,20,21). The smallest absolute Gasteiger partial charge is 0.161 e. The Bertz CT molecular complexity index is 824. The van der Waals surface area contributed by atoms with Crippen molar-refractivity contribution in [1.82, 2.24) is 9.97 Å². The first-order valence-corrected chi connectivity index (χ1v) is 6.75. The molecule has 0 fully saturated rings. The van der Waals surface area contributed by atoms with Gasteiger partial charge in [-0.2, -0.15) is 0 Å². The number of nitrogens with zero attached hydrogens (tertiary/aromatic N) is 2. The Hall–Kier alpha value is -2.76. The number of fused-ring (bicyclic) bond motifs is 1. The van der Waals surface area contributed by atoms with Crippen molar-refractivity contribution in [2.45, 2.75) is 6.42 Å². The normalized spacial score (nSPS) is 10.8. The van der Waals surface area contributed by atoms with E-state index in [1.54, 1.807) is 18.2 Å². The van der Waals surface area contributed by atoms with E-state index in [0.29, 0.717) is 29.7 Å². The minimum absolute atomic E-state index is 0.211. The fourth-order valence-corrected chi connectivity index (χ4v) is 2.23. The van der Waals surface area contributed by atoms with Gasteiger partial charge in [0.05, 0.1) is 5.52 Å². The number of benzene rings is 2. The molecule has 0 bridgehead atoms. The largest absolute Gasteiger partial charge is 0.508 e. The van der Waals surface area contributed by atoms with Crippen molar-refractivity contribution in [2.75, 3.05) is 11.9 Å². The molecule has 0 saturated carbocycles.